The molecule has 3 aromatic carbocycles. The molecule has 1 heterocycles. The van der Waals surface area contributed by atoms with E-state index in [0.717, 1.165) is 25.9 Å². The third-order valence-corrected chi connectivity index (χ3v) is 6.67. The second-order valence-corrected chi connectivity index (χ2v) is 8.62. The third kappa shape index (κ3) is 3.05. The van der Waals surface area contributed by atoms with Crippen molar-refractivity contribution in [1.29, 1.82) is 0 Å². The van der Waals surface area contributed by atoms with E-state index in [2.05, 4.69) is 0 Å². The van der Waals surface area contributed by atoms with Crippen LogP contribution < -0.4 is 5.76 Å². The van der Waals surface area contributed by atoms with Crippen molar-refractivity contribution in [2.45, 2.75) is 24.7 Å². The number of aromatic nitrogens is 1. The fourth-order valence-corrected chi connectivity index (χ4v) is 4.70. The maximum Gasteiger partial charge on any atom is 0.433 e. The summed E-state index contributed by atoms with van der Waals surface area (Å²) in [5, 5.41) is 2.14. The molecule has 5 nitrogen and oxygen atoms in total. The van der Waals surface area contributed by atoms with Crippen LogP contribution >= 0.6 is 0 Å². The average Bonchev–Trinajstić information content (AvgIpc) is 3.09. The molecule has 0 saturated carbocycles. The Bertz CT molecular complexity index is 1310. The Morgan fingerprint density at radius 3 is 2.32 bits per heavy atom. The van der Waals surface area contributed by atoms with Crippen molar-refractivity contribution in [3.05, 3.63) is 100 Å². The Balaban J connectivity index is 1.83. The predicted molar refractivity (Wildman–Crippen MR) is 108 cm³/mol. The molecule has 4 aromatic rings. The summed E-state index contributed by atoms with van der Waals surface area (Å²) in [4.78, 5) is 12.3. The first-order valence-electron chi connectivity index (χ1n) is 8.89. The van der Waals surface area contributed by atoms with E-state index in [1.54, 1.807) is 12.1 Å². The Hall–Kier alpha value is -3.12. The maximum atomic E-state index is 13.1. The van der Waals surface area contributed by atoms with Gasteiger partial charge in [0, 0.05) is 5.92 Å². The quantitative estimate of drug-likeness (QED) is 0.519. The lowest BCUT2D eigenvalue weighted by atomic mass is 9.96. The molecule has 1 atom stereocenters. The largest absolute Gasteiger partial charge is 0.433 e. The molecule has 0 radical (unpaired) electrons. The fraction of sp³-hybridized carbons (Fsp3) is 0.136. The third-order valence-electron chi connectivity index (χ3n) is 4.96. The van der Waals surface area contributed by atoms with Crippen molar-refractivity contribution in [2.75, 3.05) is 0 Å². The zero-order valence-corrected chi connectivity index (χ0v) is 16.3. The molecule has 0 N–H and O–H groups in total. The van der Waals surface area contributed by atoms with Crippen molar-refractivity contribution in [3.8, 4) is 0 Å². The molecule has 28 heavy (non-hydrogen) atoms. The van der Waals surface area contributed by atoms with Crippen molar-refractivity contribution in [1.82, 2.24) is 3.97 Å². The Morgan fingerprint density at radius 2 is 1.61 bits per heavy atom. The van der Waals surface area contributed by atoms with Gasteiger partial charge in [-0.2, -0.15) is 3.97 Å². The van der Waals surface area contributed by atoms with Crippen LogP contribution in [0.4, 0.5) is 0 Å². The Kier molecular flexibility index (Phi) is 4.43. The van der Waals surface area contributed by atoms with Crippen molar-refractivity contribution >= 4 is 20.8 Å². The molecular weight excluding hydrogens is 374 g/mol. The van der Waals surface area contributed by atoms with Crippen molar-refractivity contribution in [3.63, 3.8) is 0 Å². The van der Waals surface area contributed by atoms with Crippen LogP contribution in [0.25, 0.3) is 10.8 Å². The van der Waals surface area contributed by atoms with E-state index in [1.165, 1.54) is 18.4 Å². The Morgan fingerprint density at radius 1 is 0.929 bits per heavy atom. The van der Waals surface area contributed by atoms with Gasteiger partial charge in [-0.1, -0.05) is 67.1 Å². The first-order valence-corrected chi connectivity index (χ1v) is 10.3. The predicted octanol–water partition coefficient (Wildman–Crippen LogP) is 4.29. The van der Waals surface area contributed by atoms with E-state index in [9.17, 15) is 13.2 Å². The minimum Gasteiger partial charge on any atom is -0.415 e. The standard InChI is InChI=1S/C22H19NO4S/c1-15-7-11-20(12-8-15)28(25,26)23-21(14-27-22(23)24)16(2)18-10-9-17-5-3-4-6-19(17)13-18/h3-14,16H,1-2H3. The van der Waals surface area contributed by atoms with Gasteiger partial charge in [-0.05, 0) is 35.4 Å². The lowest BCUT2D eigenvalue weighted by Crippen LogP contribution is -2.26. The number of hydrogen-bond acceptors (Lipinski definition) is 4. The van der Waals surface area contributed by atoms with Gasteiger partial charge in [0.15, 0.2) is 0 Å². The van der Waals surface area contributed by atoms with Gasteiger partial charge >= 0.3 is 5.76 Å². The van der Waals surface area contributed by atoms with Crippen LogP contribution in [0.15, 0.2) is 87.1 Å². The molecule has 0 amide bonds. The normalized spacial score (nSPS) is 12.9. The molecule has 0 aliphatic carbocycles. The van der Waals surface area contributed by atoms with E-state index in [0.29, 0.717) is 5.69 Å². The van der Waals surface area contributed by atoms with E-state index >= 15 is 0 Å². The number of fused-ring (bicyclic) bond motifs is 1. The van der Waals surface area contributed by atoms with Gasteiger partial charge in [-0.15, -0.1) is 0 Å². The van der Waals surface area contributed by atoms with E-state index in [-0.39, 0.29) is 10.8 Å². The molecule has 0 fully saturated rings. The molecule has 0 aliphatic rings. The van der Waals surface area contributed by atoms with Gasteiger partial charge in [-0.3, -0.25) is 0 Å². The van der Waals surface area contributed by atoms with Gasteiger partial charge < -0.3 is 4.42 Å². The summed E-state index contributed by atoms with van der Waals surface area (Å²) in [7, 11) is -4.06. The summed E-state index contributed by atoms with van der Waals surface area (Å²) in [5.41, 5.74) is 2.12. The highest BCUT2D eigenvalue weighted by Gasteiger charge is 2.27. The van der Waals surface area contributed by atoms with Crippen LogP contribution in [0.1, 0.15) is 29.7 Å². The molecule has 142 valence electrons. The Labute approximate surface area is 162 Å². The van der Waals surface area contributed by atoms with Crippen molar-refractivity contribution < 1.29 is 12.8 Å². The molecule has 0 saturated heterocycles. The maximum absolute atomic E-state index is 13.1. The van der Waals surface area contributed by atoms with Crippen molar-refractivity contribution in [2.24, 2.45) is 0 Å². The molecule has 1 unspecified atom stereocenters. The van der Waals surface area contributed by atoms with E-state index < -0.39 is 15.8 Å². The molecule has 0 bridgehead atoms. The monoisotopic (exact) mass is 393 g/mol. The molecule has 4 rings (SSSR count). The zero-order chi connectivity index (χ0) is 19.9. The second kappa shape index (κ2) is 6.80. The first-order chi connectivity index (χ1) is 13.4. The molecule has 0 spiro atoms. The highest BCUT2D eigenvalue weighted by atomic mass is 32.2. The zero-order valence-electron chi connectivity index (χ0n) is 15.5. The molecule has 0 aliphatic heterocycles. The summed E-state index contributed by atoms with van der Waals surface area (Å²) in [6, 6.07) is 20.2. The summed E-state index contributed by atoms with van der Waals surface area (Å²) < 4.78 is 31.9. The first kappa shape index (κ1) is 18.3. The lowest BCUT2D eigenvalue weighted by molar-refractivity contribution is 0.503. The molecular formula is C22H19NO4S. The minimum absolute atomic E-state index is 0.0496. The average molecular weight is 393 g/mol. The van der Waals surface area contributed by atoms with Crippen LogP contribution in [0.3, 0.4) is 0 Å². The smallest absolute Gasteiger partial charge is 0.415 e. The van der Waals surface area contributed by atoms with Crippen LogP contribution in [-0.2, 0) is 10.0 Å². The molecule has 6 heteroatoms. The number of oxazole rings is 1. The number of nitrogens with zero attached hydrogens (tertiary/aromatic N) is 1. The van der Waals surface area contributed by atoms with Gasteiger partial charge in [0.2, 0.25) is 0 Å². The summed E-state index contributed by atoms with van der Waals surface area (Å²) >= 11 is 0. The van der Waals surface area contributed by atoms with Gasteiger partial charge in [0.1, 0.15) is 6.26 Å². The number of rotatable bonds is 4. The van der Waals surface area contributed by atoms with Gasteiger partial charge in [-0.25, -0.2) is 13.2 Å². The second-order valence-electron chi connectivity index (χ2n) is 6.84. The van der Waals surface area contributed by atoms with E-state index in [4.69, 9.17) is 4.42 Å². The van der Waals surface area contributed by atoms with Crippen LogP contribution in [0.2, 0.25) is 0 Å². The topological polar surface area (TPSA) is 69.3 Å². The van der Waals surface area contributed by atoms with Gasteiger partial charge in [0.05, 0.1) is 10.6 Å². The minimum atomic E-state index is -4.06. The highest BCUT2D eigenvalue weighted by Crippen LogP contribution is 2.28. The number of benzene rings is 3. The summed E-state index contributed by atoms with van der Waals surface area (Å²) in [6.45, 7) is 3.73. The summed E-state index contributed by atoms with van der Waals surface area (Å²) in [5.74, 6) is -1.26. The fourth-order valence-electron chi connectivity index (χ4n) is 3.29. The number of hydrogen-bond donors (Lipinski definition) is 0. The molecule has 1 aromatic heterocycles. The van der Waals surface area contributed by atoms with Crippen LogP contribution in [-0.4, -0.2) is 12.4 Å². The van der Waals surface area contributed by atoms with E-state index in [1.807, 2.05) is 56.3 Å². The highest BCUT2D eigenvalue weighted by molar-refractivity contribution is 7.90. The van der Waals surface area contributed by atoms with Gasteiger partial charge in [0.25, 0.3) is 10.0 Å². The number of aryl methyl sites for hydroxylation is 1. The van der Waals surface area contributed by atoms with Crippen LogP contribution in [0.5, 0.6) is 0 Å². The SMILES string of the molecule is Cc1ccc(S(=O)(=O)n2c(C(C)c3ccc4ccccc4c3)coc2=O)cc1. The van der Waals surface area contributed by atoms with Crippen LogP contribution in [0, 0.1) is 6.92 Å². The lowest BCUT2D eigenvalue weighted by Gasteiger charge is -2.15. The summed E-state index contributed by atoms with van der Waals surface area (Å²) in [6.07, 6.45) is 1.23.